The summed E-state index contributed by atoms with van der Waals surface area (Å²) in [5, 5.41) is 0. The minimum atomic E-state index is -3.44. The Labute approximate surface area is 55.1 Å². The summed E-state index contributed by atoms with van der Waals surface area (Å²) in [5.74, 6) is 0. The van der Waals surface area contributed by atoms with Crippen molar-refractivity contribution in [2.24, 2.45) is 0 Å². The first kappa shape index (κ1) is 9.27. The molecule has 0 aliphatic heterocycles. The highest BCUT2D eigenvalue weighted by Gasteiger charge is 2.37. The van der Waals surface area contributed by atoms with E-state index in [1.165, 1.54) is 0 Å². The number of hydrogen-bond donors (Lipinski definition) is 2. The molecule has 0 heterocycles. The van der Waals surface area contributed by atoms with Crippen LogP contribution in [-0.4, -0.2) is 23.0 Å². The molecule has 0 atom stereocenters. The zero-order valence-corrected chi connectivity index (χ0v) is 6.47. The number of hydrogen-bond acceptors (Lipinski definition) is 4. The molecule has 56 valence electrons. The highest BCUT2D eigenvalue weighted by Crippen LogP contribution is 2.51. The molecular weight excluding hydrogens is 143 g/mol. The Balaban J connectivity index is 3.43. The SMILES string of the molecule is CCO[P+](O)(O)OCC. The van der Waals surface area contributed by atoms with Crippen molar-refractivity contribution in [1.82, 2.24) is 0 Å². The Morgan fingerprint density at radius 2 is 1.44 bits per heavy atom. The predicted molar refractivity (Wildman–Crippen MR) is 34.6 cm³/mol. The van der Waals surface area contributed by atoms with Crippen molar-refractivity contribution in [3.63, 3.8) is 0 Å². The van der Waals surface area contributed by atoms with Crippen molar-refractivity contribution in [1.29, 1.82) is 0 Å². The predicted octanol–water partition coefficient (Wildman–Crippen LogP) is 0.722. The molecule has 5 heteroatoms. The van der Waals surface area contributed by atoms with Crippen LogP contribution in [0.3, 0.4) is 0 Å². The molecule has 0 aromatic rings. The molecule has 0 rings (SSSR count). The average molecular weight is 155 g/mol. The van der Waals surface area contributed by atoms with Crippen LogP contribution in [0.5, 0.6) is 0 Å². The topological polar surface area (TPSA) is 58.9 Å². The quantitative estimate of drug-likeness (QED) is 0.587. The molecule has 2 N–H and O–H groups in total. The molecule has 0 bridgehead atoms. The van der Waals surface area contributed by atoms with Gasteiger partial charge in [-0.15, -0.1) is 0 Å². The molecule has 0 aromatic carbocycles. The standard InChI is InChI=1S/C4H12O4P/c1-3-7-9(5,6)8-4-2/h5-6H,3-4H2,1-2H3/q+1. The van der Waals surface area contributed by atoms with Crippen molar-refractivity contribution < 1.29 is 18.8 Å². The first-order valence-corrected chi connectivity index (χ1v) is 4.29. The lowest BCUT2D eigenvalue weighted by Gasteiger charge is -2.05. The van der Waals surface area contributed by atoms with E-state index in [1.807, 2.05) is 0 Å². The van der Waals surface area contributed by atoms with Crippen LogP contribution in [0.15, 0.2) is 0 Å². The average Bonchev–Trinajstić information content (AvgIpc) is 1.64. The van der Waals surface area contributed by atoms with Crippen LogP contribution in [0.4, 0.5) is 0 Å². The van der Waals surface area contributed by atoms with Crippen molar-refractivity contribution in [3.05, 3.63) is 0 Å². The summed E-state index contributed by atoms with van der Waals surface area (Å²) in [6.07, 6.45) is 0. The second-order valence-corrected chi connectivity index (χ2v) is 2.82. The van der Waals surface area contributed by atoms with Gasteiger partial charge in [-0.2, -0.15) is 18.8 Å². The molecule has 4 nitrogen and oxygen atoms in total. The van der Waals surface area contributed by atoms with Gasteiger partial charge in [-0.1, -0.05) is 0 Å². The van der Waals surface area contributed by atoms with E-state index in [2.05, 4.69) is 9.05 Å². The molecule has 9 heavy (non-hydrogen) atoms. The lowest BCUT2D eigenvalue weighted by Crippen LogP contribution is -2.00. The normalized spacial score (nSPS) is 12.0. The molecule has 0 radical (unpaired) electrons. The lowest BCUT2D eigenvalue weighted by atomic mass is 10.9. The first-order chi connectivity index (χ1) is 4.12. The maximum atomic E-state index is 8.74. The van der Waals surface area contributed by atoms with Crippen molar-refractivity contribution >= 4 is 8.17 Å². The van der Waals surface area contributed by atoms with Gasteiger partial charge >= 0.3 is 8.17 Å². The Morgan fingerprint density at radius 3 is 1.67 bits per heavy atom. The van der Waals surface area contributed by atoms with E-state index in [0.717, 1.165) is 0 Å². The van der Waals surface area contributed by atoms with Crippen LogP contribution in [0.25, 0.3) is 0 Å². The molecule has 0 amide bonds. The largest absolute Gasteiger partial charge is 0.569 e. The minimum absolute atomic E-state index is 0.251. The van der Waals surface area contributed by atoms with Gasteiger partial charge in [-0.3, -0.25) is 0 Å². The fourth-order valence-electron chi connectivity index (χ4n) is 0.374. The van der Waals surface area contributed by atoms with E-state index in [1.54, 1.807) is 13.8 Å². The van der Waals surface area contributed by atoms with Crippen LogP contribution < -0.4 is 0 Å². The van der Waals surface area contributed by atoms with Gasteiger partial charge in [0, 0.05) is 0 Å². The van der Waals surface area contributed by atoms with Crippen LogP contribution in [0.1, 0.15) is 13.8 Å². The van der Waals surface area contributed by atoms with Gasteiger partial charge in [-0.05, 0) is 13.8 Å². The lowest BCUT2D eigenvalue weighted by molar-refractivity contribution is 0.126. The van der Waals surface area contributed by atoms with Gasteiger partial charge in [0.15, 0.2) is 0 Å². The Kier molecular flexibility index (Phi) is 4.27. The zero-order valence-electron chi connectivity index (χ0n) is 5.57. The van der Waals surface area contributed by atoms with E-state index in [-0.39, 0.29) is 13.2 Å². The Morgan fingerprint density at radius 1 is 1.11 bits per heavy atom. The fraction of sp³-hybridized carbons (Fsp3) is 1.00. The fourth-order valence-corrected chi connectivity index (χ4v) is 1.12. The molecule has 0 saturated carbocycles. The summed E-state index contributed by atoms with van der Waals surface area (Å²) < 4.78 is 8.94. The van der Waals surface area contributed by atoms with Gasteiger partial charge in [0.25, 0.3) is 0 Å². The van der Waals surface area contributed by atoms with Crippen molar-refractivity contribution in [2.45, 2.75) is 13.8 Å². The van der Waals surface area contributed by atoms with Gasteiger partial charge in [-0.25, -0.2) is 0 Å². The Bertz CT molecular complexity index is 67.0. The summed E-state index contributed by atoms with van der Waals surface area (Å²) in [4.78, 5) is 17.5. The van der Waals surface area contributed by atoms with E-state index >= 15 is 0 Å². The van der Waals surface area contributed by atoms with Crippen LogP contribution >= 0.6 is 8.17 Å². The van der Waals surface area contributed by atoms with E-state index in [4.69, 9.17) is 9.79 Å². The van der Waals surface area contributed by atoms with Gasteiger partial charge in [0.05, 0.1) is 13.2 Å². The van der Waals surface area contributed by atoms with Crippen LogP contribution in [-0.2, 0) is 9.05 Å². The van der Waals surface area contributed by atoms with Crippen LogP contribution in [0.2, 0.25) is 0 Å². The smallest absolute Gasteiger partial charge is 0.168 e. The highest BCUT2D eigenvalue weighted by molar-refractivity contribution is 7.54. The minimum Gasteiger partial charge on any atom is -0.168 e. The van der Waals surface area contributed by atoms with Crippen molar-refractivity contribution in [3.8, 4) is 0 Å². The zero-order chi connectivity index (χ0) is 7.33. The third-order valence-corrected chi connectivity index (χ3v) is 1.78. The monoisotopic (exact) mass is 155 g/mol. The van der Waals surface area contributed by atoms with Crippen molar-refractivity contribution in [2.75, 3.05) is 13.2 Å². The molecule has 0 aromatic heterocycles. The molecule has 0 fully saturated rings. The summed E-state index contributed by atoms with van der Waals surface area (Å²) >= 11 is 0. The maximum absolute atomic E-state index is 8.74. The maximum Gasteiger partial charge on any atom is 0.569 e. The second kappa shape index (κ2) is 4.14. The van der Waals surface area contributed by atoms with E-state index < -0.39 is 8.17 Å². The van der Waals surface area contributed by atoms with E-state index in [9.17, 15) is 0 Å². The molecular formula is C4H12O4P+. The molecule has 0 spiro atoms. The summed E-state index contributed by atoms with van der Waals surface area (Å²) in [6, 6.07) is 0. The molecule has 0 aliphatic rings. The Hall–Kier alpha value is 0.270. The summed E-state index contributed by atoms with van der Waals surface area (Å²) in [6.45, 7) is 3.84. The van der Waals surface area contributed by atoms with E-state index in [0.29, 0.717) is 0 Å². The van der Waals surface area contributed by atoms with Crippen LogP contribution in [0, 0.1) is 0 Å². The summed E-state index contributed by atoms with van der Waals surface area (Å²) in [5.41, 5.74) is 0. The summed E-state index contributed by atoms with van der Waals surface area (Å²) in [7, 11) is -3.44. The van der Waals surface area contributed by atoms with Gasteiger partial charge in [0.1, 0.15) is 0 Å². The third-order valence-electron chi connectivity index (χ3n) is 0.595. The molecule has 0 saturated heterocycles. The highest BCUT2D eigenvalue weighted by atomic mass is 31.2. The number of rotatable bonds is 4. The molecule has 0 unspecified atom stereocenters. The second-order valence-electron chi connectivity index (χ2n) is 1.33. The first-order valence-electron chi connectivity index (χ1n) is 2.76. The molecule has 0 aliphatic carbocycles. The van der Waals surface area contributed by atoms with Gasteiger partial charge in [0.2, 0.25) is 0 Å². The van der Waals surface area contributed by atoms with Gasteiger partial charge < -0.3 is 0 Å². The third kappa shape index (κ3) is 4.75.